The van der Waals surface area contributed by atoms with Crippen LogP contribution in [0.3, 0.4) is 0 Å². The lowest BCUT2D eigenvalue weighted by atomic mass is 9.95. The highest BCUT2D eigenvalue weighted by Crippen LogP contribution is 2.33. The molecule has 0 aliphatic carbocycles. The minimum absolute atomic E-state index is 0.286. The second kappa shape index (κ2) is 9.15. The summed E-state index contributed by atoms with van der Waals surface area (Å²) in [5, 5.41) is 11.7. The molecule has 0 saturated heterocycles. The quantitative estimate of drug-likeness (QED) is 0.576. The minimum atomic E-state index is -1.04. The Kier molecular flexibility index (Phi) is 6.61. The fourth-order valence-electron chi connectivity index (χ4n) is 2.96. The molecule has 1 atom stereocenters. The molecule has 8 heteroatoms. The summed E-state index contributed by atoms with van der Waals surface area (Å²) < 4.78 is 13.6. The fourth-order valence-corrected chi connectivity index (χ4v) is 3.97. The van der Waals surface area contributed by atoms with Gasteiger partial charge < -0.3 is 5.11 Å². The Hall–Kier alpha value is -2.77. The van der Waals surface area contributed by atoms with Crippen LogP contribution in [0.1, 0.15) is 12.0 Å². The van der Waals surface area contributed by atoms with Crippen LogP contribution in [-0.4, -0.2) is 29.0 Å². The summed E-state index contributed by atoms with van der Waals surface area (Å²) in [5.41, 5.74) is 1.76. The van der Waals surface area contributed by atoms with Crippen LogP contribution >= 0.6 is 22.9 Å². The van der Waals surface area contributed by atoms with Gasteiger partial charge in [-0.1, -0.05) is 41.9 Å². The van der Waals surface area contributed by atoms with Crippen LogP contribution in [0, 0.1) is 11.7 Å². The first-order chi connectivity index (χ1) is 13.8. The lowest BCUT2D eigenvalue weighted by Gasteiger charge is -2.21. The molecule has 0 bridgehead atoms. The number of carboxylic acid groups (broad SMARTS) is 1. The summed E-state index contributed by atoms with van der Waals surface area (Å²) in [4.78, 5) is 30.0. The van der Waals surface area contributed by atoms with Gasteiger partial charge in [0, 0.05) is 18.0 Å². The molecule has 0 fully saturated rings. The molecule has 1 unspecified atom stereocenters. The Bertz CT molecular complexity index is 1030. The van der Waals surface area contributed by atoms with E-state index < -0.39 is 17.7 Å². The summed E-state index contributed by atoms with van der Waals surface area (Å²) in [6.07, 6.45) is 0.0241. The highest BCUT2D eigenvalue weighted by molar-refractivity contribution is 7.14. The number of carbonyl (C=O) groups is 2. The van der Waals surface area contributed by atoms with Crippen molar-refractivity contribution in [2.75, 3.05) is 11.9 Å². The highest BCUT2D eigenvalue weighted by atomic mass is 35.5. The molecule has 0 radical (unpaired) electrons. The third-order valence-corrected chi connectivity index (χ3v) is 5.66. The van der Waals surface area contributed by atoms with Gasteiger partial charge >= 0.3 is 5.97 Å². The van der Waals surface area contributed by atoms with E-state index in [4.69, 9.17) is 11.6 Å². The zero-order chi connectivity index (χ0) is 21.0. The van der Waals surface area contributed by atoms with E-state index in [0.29, 0.717) is 27.8 Å². The van der Waals surface area contributed by atoms with Gasteiger partial charge in [-0.25, -0.2) is 9.37 Å². The van der Waals surface area contributed by atoms with Crippen LogP contribution < -0.4 is 4.90 Å². The van der Waals surface area contributed by atoms with Gasteiger partial charge in [-0.05, 0) is 30.2 Å². The zero-order valence-corrected chi connectivity index (χ0v) is 17.1. The Morgan fingerprint density at radius 1 is 1.24 bits per heavy atom. The minimum Gasteiger partial charge on any atom is -0.481 e. The van der Waals surface area contributed by atoms with Gasteiger partial charge in [0.15, 0.2) is 5.13 Å². The molecule has 0 spiro atoms. The molecule has 29 heavy (non-hydrogen) atoms. The van der Waals surface area contributed by atoms with Gasteiger partial charge in [0.05, 0.1) is 23.1 Å². The number of amides is 1. The summed E-state index contributed by atoms with van der Waals surface area (Å²) in [6.45, 7) is 0. The molecule has 3 aromatic rings. The number of carboxylic acids is 1. The predicted octanol–water partition coefficient (Wildman–Crippen LogP) is 4.90. The number of carbonyl (C=O) groups excluding carboxylic acids is 1. The summed E-state index contributed by atoms with van der Waals surface area (Å²) >= 11 is 7.34. The molecule has 1 heterocycles. The lowest BCUT2D eigenvalue weighted by molar-refractivity contribution is -0.140. The number of aromatic nitrogens is 1. The smallest absolute Gasteiger partial charge is 0.304 e. The number of aliphatic carboxylic acids is 1. The molecule has 0 aliphatic heterocycles. The monoisotopic (exact) mass is 432 g/mol. The number of hydrogen-bond acceptors (Lipinski definition) is 4. The Morgan fingerprint density at radius 2 is 1.97 bits per heavy atom. The Balaban J connectivity index is 1.83. The third-order valence-electron chi connectivity index (χ3n) is 4.41. The van der Waals surface area contributed by atoms with E-state index >= 15 is 0 Å². The molecule has 1 N–H and O–H groups in total. The second-order valence-corrected chi connectivity index (χ2v) is 7.77. The maximum Gasteiger partial charge on any atom is 0.304 e. The van der Waals surface area contributed by atoms with Crippen LogP contribution in [-0.2, 0) is 16.0 Å². The Labute approximate surface area is 176 Å². The molecule has 0 saturated carbocycles. The third kappa shape index (κ3) is 5.19. The van der Waals surface area contributed by atoms with Gasteiger partial charge in [0.2, 0.25) is 5.91 Å². The van der Waals surface area contributed by atoms with E-state index in [0.717, 1.165) is 5.56 Å². The molecule has 150 valence electrons. The van der Waals surface area contributed by atoms with Crippen molar-refractivity contribution in [2.45, 2.75) is 12.8 Å². The van der Waals surface area contributed by atoms with Gasteiger partial charge in [-0.3, -0.25) is 14.5 Å². The zero-order valence-electron chi connectivity index (χ0n) is 15.5. The van der Waals surface area contributed by atoms with Crippen molar-refractivity contribution in [3.05, 3.63) is 70.3 Å². The maximum atomic E-state index is 13.6. The molecular formula is C21H18ClFN2O3S. The largest absolute Gasteiger partial charge is 0.481 e. The van der Waals surface area contributed by atoms with Gasteiger partial charge in [-0.15, -0.1) is 11.3 Å². The standard InChI is InChI=1S/C21H18ClFN2O3S/c1-25(20(28)14(10-19(26)27)9-13-5-3-2-4-6-13)21-24-18(12-29-21)16-11-15(23)7-8-17(16)22/h2-8,11-12,14H,9-10H2,1H3,(H,26,27). The van der Waals surface area contributed by atoms with Gasteiger partial charge in [0.25, 0.3) is 0 Å². The molecule has 0 aliphatic rings. The van der Waals surface area contributed by atoms with Crippen molar-refractivity contribution in [2.24, 2.45) is 5.92 Å². The number of halogens is 2. The molecule has 2 aromatic carbocycles. The van der Waals surface area contributed by atoms with Crippen LogP contribution in [0.25, 0.3) is 11.3 Å². The van der Waals surface area contributed by atoms with Crippen molar-refractivity contribution >= 4 is 39.9 Å². The normalized spacial score (nSPS) is 11.8. The van der Waals surface area contributed by atoms with E-state index in [2.05, 4.69) is 4.98 Å². The number of rotatable bonds is 7. The molecular weight excluding hydrogens is 415 g/mol. The van der Waals surface area contributed by atoms with Gasteiger partial charge in [-0.2, -0.15) is 0 Å². The first kappa shape index (κ1) is 21.0. The number of nitrogens with zero attached hydrogens (tertiary/aromatic N) is 2. The van der Waals surface area contributed by atoms with Crippen molar-refractivity contribution in [1.82, 2.24) is 4.98 Å². The van der Waals surface area contributed by atoms with Gasteiger partial charge in [0.1, 0.15) is 5.82 Å². The lowest BCUT2D eigenvalue weighted by Crippen LogP contribution is -2.35. The summed E-state index contributed by atoms with van der Waals surface area (Å²) in [7, 11) is 1.55. The van der Waals surface area contributed by atoms with Crippen molar-refractivity contribution in [3.63, 3.8) is 0 Å². The Morgan fingerprint density at radius 3 is 2.66 bits per heavy atom. The van der Waals surface area contributed by atoms with E-state index in [1.165, 1.54) is 34.4 Å². The number of hydrogen-bond donors (Lipinski definition) is 1. The maximum absolute atomic E-state index is 13.6. The average molecular weight is 433 g/mol. The average Bonchev–Trinajstić information content (AvgIpc) is 3.18. The summed E-state index contributed by atoms with van der Waals surface area (Å²) in [6, 6.07) is 13.3. The number of benzene rings is 2. The predicted molar refractivity (Wildman–Crippen MR) is 112 cm³/mol. The SMILES string of the molecule is CN(C(=O)C(CC(=O)O)Cc1ccccc1)c1nc(-c2cc(F)ccc2Cl)cs1. The number of thiazole rings is 1. The fraction of sp³-hybridized carbons (Fsp3) is 0.190. The molecule has 1 amide bonds. The van der Waals surface area contributed by atoms with Crippen molar-refractivity contribution in [3.8, 4) is 11.3 Å². The van der Waals surface area contributed by atoms with E-state index in [1.54, 1.807) is 12.4 Å². The van der Waals surface area contributed by atoms with Crippen LogP contribution in [0.15, 0.2) is 53.9 Å². The van der Waals surface area contributed by atoms with Crippen molar-refractivity contribution < 1.29 is 19.1 Å². The molecule has 1 aromatic heterocycles. The van der Waals surface area contributed by atoms with Crippen LogP contribution in [0.4, 0.5) is 9.52 Å². The topological polar surface area (TPSA) is 70.5 Å². The van der Waals surface area contributed by atoms with Crippen LogP contribution in [0.2, 0.25) is 5.02 Å². The van der Waals surface area contributed by atoms with E-state index in [1.807, 2.05) is 30.3 Å². The molecule has 5 nitrogen and oxygen atoms in total. The highest BCUT2D eigenvalue weighted by Gasteiger charge is 2.27. The van der Waals surface area contributed by atoms with E-state index in [9.17, 15) is 19.1 Å². The first-order valence-electron chi connectivity index (χ1n) is 8.79. The second-order valence-electron chi connectivity index (χ2n) is 6.52. The summed E-state index contributed by atoms with van der Waals surface area (Å²) in [5.74, 6) is -2.56. The van der Waals surface area contributed by atoms with Crippen LogP contribution in [0.5, 0.6) is 0 Å². The van der Waals surface area contributed by atoms with E-state index in [-0.39, 0.29) is 12.3 Å². The van der Waals surface area contributed by atoms with Crippen molar-refractivity contribution in [1.29, 1.82) is 0 Å². The number of anilines is 1. The first-order valence-corrected chi connectivity index (χ1v) is 10.0. The molecule has 3 rings (SSSR count).